The van der Waals surface area contributed by atoms with E-state index in [1.54, 1.807) is 19.1 Å². The van der Waals surface area contributed by atoms with Gasteiger partial charge in [-0.15, -0.1) is 0 Å². The lowest BCUT2D eigenvalue weighted by Crippen LogP contribution is -2.37. The molecule has 31 heavy (non-hydrogen) atoms. The first-order valence-corrected chi connectivity index (χ1v) is 11.8. The highest BCUT2D eigenvalue weighted by molar-refractivity contribution is 5.66. The minimum atomic E-state index is -0.874. The Morgan fingerprint density at radius 2 is 1.68 bits per heavy atom. The molecule has 0 radical (unpaired) electrons. The van der Waals surface area contributed by atoms with Crippen molar-refractivity contribution in [3.63, 3.8) is 0 Å². The summed E-state index contributed by atoms with van der Waals surface area (Å²) in [6, 6.07) is -0.0860. The van der Waals surface area contributed by atoms with Crippen LogP contribution in [0, 0.1) is 0 Å². The van der Waals surface area contributed by atoms with Crippen molar-refractivity contribution < 1.29 is 30.3 Å². The molecule has 0 heterocycles. The van der Waals surface area contributed by atoms with Gasteiger partial charge in [0, 0.05) is 19.0 Å². The number of rotatable bonds is 20. The molecule has 0 saturated carbocycles. The van der Waals surface area contributed by atoms with Crippen LogP contribution in [0.15, 0.2) is 23.8 Å². The number of unbranched alkanes of at least 4 members (excludes halogenated alkanes) is 5. The summed E-state index contributed by atoms with van der Waals surface area (Å²) in [5.41, 5.74) is 0.907. The summed E-state index contributed by atoms with van der Waals surface area (Å²) < 4.78 is 0. The van der Waals surface area contributed by atoms with Gasteiger partial charge in [0.15, 0.2) is 0 Å². The first-order chi connectivity index (χ1) is 14.8. The van der Waals surface area contributed by atoms with Crippen molar-refractivity contribution in [1.82, 2.24) is 5.32 Å². The third-order valence-corrected chi connectivity index (χ3v) is 5.17. The Morgan fingerprint density at radius 3 is 2.29 bits per heavy atom. The molecule has 0 aromatic heterocycles. The highest BCUT2D eigenvalue weighted by Crippen LogP contribution is 2.18. The van der Waals surface area contributed by atoms with Crippen molar-refractivity contribution in [1.29, 1.82) is 0 Å². The van der Waals surface area contributed by atoms with E-state index in [-0.39, 0.29) is 19.1 Å². The standard InChI is InChI=1S/C24H45NO6/c1-3-4-7-12-21(28)13-10-11-20(16-22(29)18-26)23(25-17-19(2)27)14-8-5-6-9-15-24(30)31/h10-11,13,19,21-23,25-29H,3-9,12,14-18H2,1-2H3,(H,30,31). The summed E-state index contributed by atoms with van der Waals surface area (Å²) in [7, 11) is 0. The molecular weight excluding hydrogens is 398 g/mol. The number of carboxylic acid groups (broad SMARTS) is 1. The maximum absolute atomic E-state index is 10.6. The van der Waals surface area contributed by atoms with Crippen molar-refractivity contribution >= 4 is 5.97 Å². The zero-order chi connectivity index (χ0) is 23.5. The van der Waals surface area contributed by atoms with Crippen molar-refractivity contribution in [3.05, 3.63) is 23.8 Å². The molecule has 0 aromatic rings. The molecular formula is C24H45NO6. The van der Waals surface area contributed by atoms with E-state index >= 15 is 0 Å². The van der Waals surface area contributed by atoms with Crippen LogP contribution in [0.4, 0.5) is 0 Å². The number of carbonyl (C=O) groups is 1. The fourth-order valence-electron chi connectivity index (χ4n) is 3.38. The lowest BCUT2D eigenvalue weighted by atomic mass is 9.94. The number of carboxylic acids is 1. The number of allylic oxidation sites excluding steroid dienone is 2. The normalized spacial score (nSPS) is 16.4. The summed E-state index contributed by atoms with van der Waals surface area (Å²) >= 11 is 0. The molecule has 0 amide bonds. The molecule has 182 valence electrons. The van der Waals surface area contributed by atoms with Crippen LogP contribution in [-0.4, -0.2) is 69.0 Å². The SMILES string of the molecule is CCCCCC(O)C=CC=C(CC(O)CO)C(CCCCCCC(=O)O)NCC(C)O. The number of aliphatic carboxylic acids is 1. The summed E-state index contributed by atoms with van der Waals surface area (Å²) in [6.45, 7) is 3.89. The summed E-state index contributed by atoms with van der Waals surface area (Å²) in [6.07, 6.45) is 12.0. The maximum Gasteiger partial charge on any atom is 0.303 e. The van der Waals surface area contributed by atoms with E-state index in [0.29, 0.717) is 25.8 Å². The largest absolute Gasteiger partial charge is 0.481 e. The van der Waals surface area contributed by atoms with Crippen molar-refractivity contribution in [2.24, 2.45) is 0 Å². The Bertz CT molecular complexity index is 506. The third kappa shape index (κ3) is 18.1. The molecule has 0 spiro atoms. The zero-order valence-corrected chi connectivity index (χ0v) is 19.4. The molecule has 7 nitrogen and oxygen atoms in total. The molecule has 0 rings (SSSR count). The third-order valence-electron chi connectivity index (χ3n) is 5.17. The van der Waals surface area contributed by atoms with E-state index in [1.165, 1.54) is 0 Å². The maximum atomic E-state index is 10.6. The van der Waals surface area contributed by atoms with Gasteiger partial charge in [-0.3, -0.25) is 4.79 Å². The van der Waals surface area contributed by atoms with Crippen LogP contribution in [0.1, 0.15) is 84.5 Å². The number of hydrogen-bond donors (Lipinski definition) is 6. The van der Waals surface area contributed by atoms with Crippen LogP contribution in [0.3, 0.4) is 0 Å². The Balaban J connectivity index is 5.04. The fourth-order valence-corrected chi connectivity index (χ4v) is 3.38. The first-order valence-electron chi connectivity index (χ1n) is 11.8. The molecule has 4 unspecified atom stereocenters. The van der Waals surface area contributed by atoms with Crippen LogP contribution in [0.25, 0.3) is 0 Å². The minimum absolute atomic E-state index is 0.0860. The summed E-state index contributed by atoms with van der Waals surface area (Å²) in [4.78, 5) is 10.6. The van der Waals surface area contributed by atoms with Crippen LogP contribution in [0.2, 0.25) is 0 Å². The van der Waals surface area contributed by atoms with Gasteiger partial charge in [-0.05, 0) is 32.6 Å². The molecule has 0 aliphatic rings. The lowest BCUT2D eigenvalue weighted by molar-refractivity contribution is -0.137. The molecule has 0 saturated heterocycles. The Hall–Kier alpha value is -1.25. The number of nitrogens with one attached hydrogen (secondary N) is 1. The van der Waals surface area contributed by atoms with E-state index in [4.69, 9.17) is 5.11 Å². The van der Waals surface area contributed by atoms with Crippen molar-refractivity contribution in [2.75, 3.05) is 13.2 Å². The van der Waals surface area contributed by atoms with Gasteiger partial charge in [-0.2, -0.15) is 0 Å². The smallest absolute Gasteiger partial charge is 0.303 e. The van der Waals surface area contributed by atoms with Crippen LogP contribution >= 0.6 is 0 Å². The molecule has 0 aliphatic carbocycles. The first kappa shape index (κ1) is 29.8. The van der Waals surface area contributed by atoms with Crippen LogP contribution in [0.5, 0.6) is 0 Å². The second kappa shape index (κ2) is 19.4. The van der Waals surface area contributed by atoms with E-state index < -0.39 is 24.3 Å². The van der Waals surface area contributed by atoms with Gasteiger partial charge in [-0.1, -0.05) is 69.2 Å². The number of aliphatic hydroxyl groups excluding tert-OH is 4. The molecule has 0 aliphatic heterocycles. The molecule has 7 heteroatoms. The van der Waals surface area contributed by atoms with Gasteiger partial charge >= 0.3 is 5.97 Å². The van der Waals surface area contributed by atoms with Crippen molar-refractivity contribution in [3.8, 4) is 0 Å². The molecule has 4 atom stereocenters. The lowest BCUT2D eigenvalue weighted by Gasteiger charge is -2.24. The van der Waals surface area contributed by atoms with Gasteiger partial charge in [0.2, 0.25) is 0 Å². The van der Waals surface area contributed by atoms with E-state index in [0.717, 1.165) is 50.5 Å². The predicted octanol–water partition coefficient (Wildman–Crippen LogP) is 2.92. The molecule has 0 fully saturated rings. The second-order valence-corrected chi connectivity index (χ2v) is 8.39. The van der Waals surface area contributed by atoms with Gasteiger partial charge in [0.25, 0.3) is 0 Å². The van der Waals surface area contributed by atoms with Gasteiger partial charge in [0.05, 0.1) is 24.9 Å². The van der Waals surface area contributed by atoms with Gasteiger partial charge in [0.1, 0.15) is 0 Å². The summed E-state index contributed by atoms with van der Waals surface area (Å²) in [5.74, 6) is -0.775. The van der Waals surface area contributed by atoms with E-state index in [1.807, 2.05) is 6.08 Å². The van der Waals surface area contributed by atoms with E-state index in [2.05, 4.69) is 12.2 Å². The molecule has 6 N–H and O–H groups in total. The fraction of sp³-hybridized carbons (Fsp3) is 0.792. The molecule has 0 aromatic carbocycles. The van der Waals surface area contributed by atoms with Crippen LogP contribution < -0.4 is 5.32 Å². The summed E-state index contributed by atoms with van der Waals surface area (Å²) in [5, 5.41) is 51.1. The Kier molecular flexibility index (Phi) is 18.7. The minimum Gasteiger partial charge on any atom is -0.481 e. The Labute approximate surface area is 187 Å². The highest BCUT2D eigenvalue weighted by atomic mass is 16.4. The zero-order valence-electron chi connectivity index (χ0n) is 19.4. The van der Waals surface area contributed by atoms with Gasteiger partial charge in [-0.25, -0.2) is 0 Å². The highest BCUT2D eigenvalue weighted by Gasteiger charge is 2.17. The number of aliphatic hydroxyl groups is 4. The van der Waals surface area contributed by atoms with Crippen LogP contribution in [-0.2, 0) is 4.79 Å². The van der Waals surface area contributed by atoms with Crippen molar-refractivity contribution in [2.45, 2.75) is 109 Å². The topological polar surface area (TPSA) is 130 Å². The Morgan fingerprint density at radius 1 is 1.00 bits per heavy atom. The average molecular weight is 444 g/mol. The quantitative estimate of drug-likeness (QED) is 0.126. The monoisotopic (exact) mass is 443 g/mol. The second-order valence-electron chi connectivity index (χ2n) is 8.39. The van der Waals surface area contributed by atoms with E-state index in [9.17, 15) is 25.2 Å². The average Bonchev–Trinajstić information content (AvgIpc) is 2.71. The number of hydrogen-bond acceptors (Lipinski definition) is 6. The van der Waals surface area contributed by atoms with Gasteiger partial charge < -0.3 is 30.8 Å². The molecule has 0 bridgehead atoms. The predicted molar refractivity (Wildman–Crippen MR) is 124 cm³/mol.